The van der Waals surface area contributed by atoms with Crippen molar-refractivity contribution in [1.82, 2.24) is 0 Å². The van der Waals surface area contributed by atoms with Crippen molar-refractivity contribution >= 4 is 17.1 Å². The summed E-state index contributed by atoms with van der Waals surface area (Å²) in [5, 5.41) is 7.26. The van der Waals surface area contributed by atoms with Crippen LogP contribution in [0.1, 0.15) is 51.5 Å². The topological polar surface area (TPSA) is 24.1 Å². The Morgan fingerprint density at radius 1 is 1.09 bits per heavy atom. The fourth-order valence-electron chi connectivity index (χ4n) is 3.41. The molecule has 0 saturated heterocycles. The van der Waals surface area contributed by atoms with Gasteiger partial charge in [-0.15, -0.1) is 0 Å². The van der Waals surface area contributed by atoms with Crippen LogP contribution in [0.3, 0.4) is 0 Å². The Labute approximate surface area is 134 Å². The van der Waals surface area contributed by atoms with Gasteiger partial charge in [0.25, 0.3) is 0 Å². The van der Waals surface area contributed by atoms with Crippen molar-refractivity contribution in [2.24, 2.45) is 0 Å². The van der Waals surface area contributed by atoms with Crippen LogP contribution in [-0.4, -0.2) is 5.54 Å². The summed E-state index contributed by atoms with van der Waals surface area (Å²) >= 11 is 0. The molecule has 2 N–H and O–H groups in total. The molecule has 2 atom stereocenters. The van der Waals surface area contributed by atoms with Gasteiger partial charge in [-0.25, -0.2) is 0 Å². The average Bonchev–Trinajstić information content (AvgIpc) is 2.55. The number of para-hydroxylation sites is 1. The third kappa shape index (κ3) is 2.96. The summed E-state index contributed by atoms with van der Waals surface area (Å²) < 4.78 is 0. The maximum absolute atomic E-state index is 3.75. The van der Waals surface area contributed by atoms with E-state index < -0.39 is 0 Å². The van der Waals surface area contributed by atoms with Gasteiger partial charge in [0.2, 0.25) is 0 Å². The molecule has 2 aromatic carbocycles. The van der Waals surface area contributed by atoms with Crippen LogP contribution in [0.5, 0.6) is 0 Å². The Morgan fingerprint density at radius 3 is 2.55 bits per heavy atom. The lowest BCUT2D eigenvalue weighted by atomic mass is 9.77. The van der Waals surface area contributed by atoms with Crippen LogP contribution in [0.25, 0.3) is 0 Å². The van der Waals surface area contributed by atoms with Crippen LogP contribution in [0.4, 0.5) is 17.1 Å². The SMILES string of the molecule is CCC1CC(C)(CC)Nc2ccc(Nc3ccccc3)cc21. The summed E-state index contributed by atoms with van der Waals surface area (Å²) in [4.78, 5) is 0. The fraction of sp³-hybridized carbons (Fsp3) is 0.400. The number of fused-ring (bicyclic) bond motifs is 1. The first-order chi connectivity index (χ1) is 10.6. The zero-order chi connectivity index (χ0) is 15.6. The molecule has 2 aromatic rings. The summed E-state index contributed by atoms with van der Waals surface area (Å²) in [6.07, 6.45) is 3.56. The largest absolute Gasteiger partial charge is 0.380 e. The molecule has 2 heteroatoms. The summed E-state index contributed by atoms with van der Waals surface area (Å²) in [5.41, 5.74) is 5.29. The van der Waals surface area contributed by atoms with Gasteiger partial charge in [0.1, 0.15) is 0 Å². The summed E-state index contributed by atoms with van der Waals surface area (Å²) in [7, 11) is 0. The maximum atomic E-state index is 3.75. The number of benzene rings is 2. The Kier molecular flexibility index (Phi) is 4.10. The van der Waals surface area contributed by atoms with Gasteiger partial charge in [-0.05, 0) is 68.0 Å². The average molecular weight is 294 g/mol. The van der Waals surface area contributed by atoms with E-state index in [0.717, 1.165) is 12.1 Å². The number of hydrogen-bond acceptors (Lipinski definition) is 2. The Morgan fingerprint density at radius 2 is 1.86 bits per heavy atom. The molecule has 1 aliphatic rings. The van der Waals surface area contributed by atoms with Crippen LogP contribution in [0, 0.1) is 0 Å². The molecule has 1 heterocycles. The minimum atomic E-state index is 0.224. The molecule has 2 nitrogen and oxygen atoms in total. The molecule has 1 aliphatic heterocycles. The Bertz CT molecular complexity index is 635. The van der Waals surface area contributed by atoms with Crippen molar-refractivity contribution in [3.05, 3.63) is 54.1 Å². The third-order valence-corrected chi connectivity index (χ3v) is 4.96. The minimum absolute atomic E-state index is 0.224. The van der Waals surface area contributed by atoms with E-state index in [1.54, 1.807) is 0 Å². The lowest BCUT2D eigenvalue weighted by Gasteiger charge is -2.41. The van der Waals surface area contributed by atoms with Gasteiger partial charge in [-0.2, -0.15) is 0 Å². The quantitative estimate of drug-likeness (QED) is 0.732. The summed E-state index contributed by atoms with van der Waals surface area (Å²) in [6.45, 7) is 6.91. The standard InChI is InChI=1S/C20H26N2/c1-4-15-14-20(3,5-2)22-19-12-11-17(13-18(15)19)21-16-9-7-6-8-10-16/h6-13,15,21-22H,4-5,14H2,1-3H3. The molecule has 0 spiro atoms. The highest BCUT2D eigenvalue weighted by atomic mass is 15.0. The third-order valence-electron chi connectivity index (χ3n) is 4.96. The van der Waals surface area contributed by atoms with Crippen molar-refractivity contribution in [2.75, 3.05) is 10.6 Å². The van der Waals surface area contributed by atoms with E-state index in [-0.39, 0.29) is 5.54 Å². The molecule has 0 amide bonds. The Hall–Kier alpha value is -1.96. The molecule has 22 heavy (non-hydrogen) atoms. The highest BCUT2D eigenvalue weighted by Crippen LogP contribution is 2.43. The first-order valence-corrected chi connectivity index (χ1v) is 8.38. The second kappa shape index (κ2) is 6.04. The lowest BCUT2D eigenvalue weighted by Crippen LogP contribution is -2.39. The zero-order valence-corrected chi connectivity index (χ0v) is 13.8. The lowest BCUT2D eigenvalue weighted by molar-refractivity contribution is 0.389. The maximum Gasteiger partial charge on any atom is 0.0388 e. The molecular weight excluding hydrogens is 268 g/mol. The molecule has 0 aromatic heterocycles. The fourth-order valence-corrected chi connectivity index (χ4v) is 3.41. The molecule has 0 saturated carbocycles. The van der Waals surface area contributed by atoms with Crippen LogP contribution in [-0.2, 0) is 0 Å². The van der Waals surface area contributed by atoms with Crippen LogP contribution < -0.4 is 10.6 Å². The van der Waals surface area contributed by atoms with E-state index in [1.807, 2.05) is 6.07 Å². The predicted octanol–water partition coefficient (Wildman–Crippen LogP) is 5.91. The molecule has 0 radical (unpaired) electrons. The number of rotatable bonds is 4. The van der Waals surface area contributed by atoms with Gasteiger partial charge < -0.3 is 10.6 Å². The number of hydrogen-bond donors (Lipinski definition) is 2. The van der Waals surface area contributed by atoms with Gasteiger partial charge >= 0.3 is 0 Å². The molecule has 3 rings (SSSR count). The first kappa shape index (κ1) is 15.0. The molecule has 116 valence electrons. The Balaban J connectivity index is 1.90. The molecule has 0 bridgehead atoms. The highest BCUT2D eigenvalue weighted by Gasteiger charge is 2.32. The zero-order valence-electron chi connectivity index (χ0n) is 13.8. The molecule has 0 fully saturated rings. The van der Waals surface area contributed by atoms with E-state index in [2.05, 4.69) is 73.9 Å². The summed E-state index contributed by atoms with van der Waals surface area (Å²) in [5.74, 6) is 0.638. The van der Waals surface area contributed by atoms with Gasteiger partial charge in [-0.3, -0.25) is 0 Å². The van der Waals surface area contributed by atoms with Crippen molar-refractivity contribution in [2.45, 2.75) is 51.5 Å². The summed E-state index contributed by atoms with van der Waals surface area (Å²) in [6, 6.07) is 17.1. The van der Waals surface area contributed by atoms with Crippen LogP contribution in [0.2, 0.25) is 0 Å². The smallest absolute Gasteiger partial charge is 0.0388 e. The van der Waals surface area contributed by atoms with Gasteiger partial charge in [-0.1, -0.05) is 32.0 Å². The van der Waals surface area contributed by atoms with Gasteiger partial charge in [0, 0.05) is 22.6 Å². The van der Waals surface area contributed by atoms with E-state index >= 15 is 0 Å². The van der Waals surface area contributed by atoms with Crippen LogP contribution >= 0.6 is 0 Å². The number of anilines is 3. The minimum Gasteiger partial charge on any atom is -0.380 e. The van der Waals surface area contributed by atoms with E-state index in [1.165, 1.54) is 29.8 Å². The second-order valence-electron chi connectivity index (χ2n) is 6.64. The van der Waals surface area contributed by atoms with Gasteiger partial charge in [0.15, 0.2) is 0 Å². The van der Waals surface area contributed by atoms with E-state index in [0.29, 0.717) is 5.92 Å². The monoisotopic (exact) mass is 294 g/mol. The van der Waals surface area contributed by atoms with Crippen molar-refractivity contribution < 1.29 is 0 Å². The highest BCUT2D eigenvalue weighted by molar-refractivity contribution is 5.67. The molecule has 0 aliphatic carbocycles. The van der Waals surface area contributed by atoms with Crippen molar-refractivity contribution in [1.29, 1.82) is 0 Å². The molecule has 2 unspecified atom stereocenters. The van der Waals surface area contributed by atoms with Crippen molar-refractivity contribution in [3.8, 4) is 0 Å². The first-order valence-electron chi connectivity index (χ1n) is 8.38. The van der Waals surface area contributed by atoms with Crippen molar-refractivity contribution in [3.63, 3.8) is 0 Å². The van der Waals surface area contributed by atoms with Crippen LogP contribution in [0.15, 0.2) is 48.5 Å². The molecular formula is C20H26N2. The predicted molar refractivity (Wildman–Crippen MR) is 96.1 cm³/mol. The van der Waals surface area contributed by atoms with E-state index in [4.69, 9.17) is 0 Å². The van der Waals surface area contributed by atoms with E-state index in [9.17, 15) is 0 Å². The number of nitrogens with one attached hydrogen (secondary N) is 2. The van der Waals surface area contributed by atoms with Gasteiger partial charge in [0.05, 0.1) is 0 Å². The second-order valence-corrected chi connectivity index (χ2v) is 6.64. The normalized spacial score (nSPS) is 23.5.